The van der Waals surface area contributed by atoms with Crippen LogP contribution in [-0.2, 0) is 0 Å². The molecule has 2 fully saturated rings. The zero-order valence-corrected chi connectivity index (χ0v) is 14.0. The Kier molecular flexibility index (Phi) is 4.10. The van der Waals surface area contributed by atoms with Crippen molar-refractivity contribution in [3.63, 3.8) is 0 Å². The summed E-state index contributed by atoms with van der Waals surface area (Å²) in [5.41, 5.74) is 2.82. The lowest BCUT2D eigenvalue weighted by molar-refractivity contribution is 0.0914. The van der Waals surface area contributed by atoms with E-state index < -0.39 is 0 Å². The number of nitrogens with zero attached hydrogens (tertiary/aromatic N) is 2. The van der Waals surface area contributed by atoms with Crippen molar-refractivity contribution in [3.05, 3.63) is 47.8 Å². The normalized spacial score (nSPS) is 23.9. The fourth-order valence-electron chi connectivity index (χ4n) is 3.49. The van der Waals surface area contributed by atoms with Gasteiger partial charge in [-0.05, 0) is 43.9 Å². The Morgan fingerprint density at radius 2 is 2.04 bits per heavy atom. The van der Waals surface area contributed by atoms with Crippen LogP contribution in [0.15, 0.2) is 36.5 Å². The van der Waals surface area contributed by atoms with Gasteiger partial charge in [0.25, 0.3) is 5.91 Å². The fourth-order valence-corrected chi connectivity index (χ4v) is 3.49. The number of nitrogens with one attached hydrogen (secondary N) is 2. The quantitative estimate of drug-likeness (QED) is 0.908. The molecule has 2 aliphatic rings. The SMILES string of the molecule is CC1CCNCC1NC(=O)c1cnn(-c2ccccc2)c1C1CC1. The third-order valence-corrected chi connectivity index (χ3v) is 5.16. The molecule has 5 nitrogen and oxygen atoms in total. The van der Waals surface area contributed by atoms with E-state index in [2.05, 4.69) is 22.7 Å². The lowest BCUT2D eigenvalue weighted by Crippen LogP contribution is -2.50. The molecule has 2 aromatic rings. The maximum absolute atomic E-state index is 12.9. The van der Waals surface area contributed by atoms with Crippen molar-refractivity contribution in [2.45, 2.75) is 38.1 Å². The van der Waals surface area contributed by atoms with E-state index in [0.29, 0.717) is 11.8 Å². The van der Waals surface area contributed by atoms with Gasteiger partial charge in [-0.3, -0.25) is 4.79 Å². The maximum atomic E-state index is 12.9. The third-order valence-electron chi connectivity index (χ3n) is 5.16. The van der Waals surface area contributed by atoms with Gasteiger partial charge in [-0.15, -0.1) is 0 Å². The van der Waals surface area contributed by atoms with Gasteiger partial charge in [-0.25, -0.2) is 4.68 Å². The second kappa shape index (κ2) is 6.40. The lowest BCUT2D eigenvalue weighted by Gasteiger charge is -2.30. The van der Waals surface area contributed by atoms with Crippen molar-refractivity contribution >= 4 is 5.91 Å². The van der Waals surface area contributed by atoms with Gasteiger partial charge < -0.3 is 10.6 Å². The second-order valence-corrected chi connectivity index (χ2v) is 7.02. The Morgan fingerprint density at radius 1 is 1.25 bits per heavy atom. The second-order valence-electron chi connectivity index (χ2n) is 7.02. The number of aromatic nitrogens is 2. The van der Waals surface area contributed by atoms with Crippen LogP contribution in [0.4, 0.5) is 0 Å². The first-order chi connectivity index (χ1) is 11.7. The predicted molar refractivity (Wildman–Crippen MR) is 93.4 cm³/mol. The topological polar surface area (TPSA) is 58.9 Å². The van der Waals surface area contributed by atoms with Crippen LogP contribution in [0.5, 0.6) is 0 Å². The average molecular weight is 324 g/mol. The van der Waals surface area contributed by atoms with Crippen LogP contribution in [0.3, 0.4) is 0 Å². The van der Waals surface area contributed by atoms with E-state index in [0.717, 1.165) is 49.3 Å². The Hall–Kier alpha value is -2.14. The molecule has 1 aromatic carbocycles. The zero-order valence-electron chi connectivity index (χ0n) is 14.0. The van der Waals surface area contributed by atoms with Gasteiger partial charge in [0, 0.05) is 18.5 Å². The molecule has 1 amide bonds. The number of rotatable bonds is 4. The number of amides is 1. The molecule has 2 N–H and O–H groups in total. The number of piperidine rings is 1. The van der Waals surface area contributed by atoms with Crippen molar-refractivity contribution in [3.8, 4) is 5.69 Å². The summed E-state index contributed by atoms with van der Waals surface area (Å²) in [6, 6.07) is 10.3. The van der Waals surface area contributed by atoms with Gasteiger partial charge in [0.1, 0.15) is 0 Å². The zero-order chi connectivity index (χ0) is 16.5. The highest BCUT2D eigenvalue weighted by Gasteiger charge is 2.34. The summed E-state index contributed by atoms with van der Waals surface area (Å²) in [7, 11) is 0. The molecule has 1 aliphatic carbocycles. The molecule has 1 saturated carbocycles. The number of para-hydroxylation sites is 1. The van der Waals surface area contributed by atoms with E-state index in [1.807, 2.05) is 35.0 Å². The highest BCUT2D eigenvalue weighted by atomic mass is 16.1. The van der Waals surface area contributed by atoms with E-state index in [1.165, 1.54) is 0 Å². The van der Waals surface area contributed by atoms with Crippen LogP contribution in [0.25, 0.3) is 5.69 Å². The fraction of sp³-hybridized carbons (Fsp3) is 0.474. The summed E-state index contributed by atoms with van der Waals surface area (Å²) < 4.78 is 1.94. The molecule has 0 radical (unpaired) electrons. The first kappa shape index (κ1) is 15.4. The summed E-state index contributed by atoms with van der Waals surface area (Å²) in [6.45, 7) is 4.09. The molecule has 1 aliphatic heterocycles. The predicted octanol–water partition coefficient (Wildman–Crippen LogP) is 2.48. The smallest absolute Gasteiger partial charge is 0.255 e. The summed E-state index contributed by atoms with van der Waals surface area (Å²) >= 11 is 0. The molecule has 0 spiro atoms. The monoisotopic (exact) mass is 324 g/mol. The van der Waals surface area contributed by atoms with E-state index in [9.17, 15) is 4.79 Å². The highest BCUT2D eigenvalue weighted by Crippen LogP contribution is 2.42. The van der Waals surface area contributed by atoms with E-state index >= 15 is 0 Å². The first-order valence-corrected chi connectivity index (χ1v) is 8.89. The Labute approximate surface area is 142 Å². The Morgan fingerprint density at radius 3 is 2.75 bits per heavy atom. The molecule has 2 unspecified atom stereocenters. The summed E-state index contributed by atoms with van der Waals surface area (Å²) in [5, 5.41) is 11.1. The third kappa shape index (κ3) is 2.96. The van der Waals surface area contributed by atoms with Gasteiger partial charge in [0.2, 0.25) is 0 Å². The van der Waals surface area contributed by atoms with E-state index in [-0.39, 0.29) is 11.9 Å². The number of carbonyl (C=O) groups is 1. The van der Waals surface area contributed by atoms with Crippen LogP contribution < -0.4 is 10.6 Å². The summed E-state index contributed by atoms with van der Waals surface area (Å²) in [6.07, 6.45) is 5.11. The van der Waals surface area contributed by atoms with E-state index in [1.54, 1.807) is 6.20 Å². The molecule has 4 rings (SSSR count). The number of hydrogen-bond donors (Lipinski definition) is 2. The Bertz CT molecular complexity index is 720. The van der Waals surface area contributed by atoms with Gasteiger partial charge in [0.05, 0.1) is 23.1 Å². The van der Waals surface area contributed by atoms with Gasteiger partial charge in [-0.2, -0.15) is 5.10 Å². The van der Waals surface area contributed by atoms with Gasteiger partial charge in [-0.1, -0.05) is 25.1 Å². The van der Waals surface area contributed by atoms with Crippen LogP contribution in [0.1, 0.15) is 48.2 Å². The largest absolute Gasteiger partial charge is 0.348 e. The van der Waals surface area contributed by atoms with E-state index in [4.69, 9.17) is 0 Å². The number of benzene rings is 1. The van der Waals surface area contributed by atoms with Crippen molar-refractivity contribution in [2.75, 3.05) is 13.1 Å². The summed E-state index contributed by atoms with van der Waals surface area (Å²) in [4.78, 5) is 12.9. The Balaban J connectivity index is 1.61. The standard InChI is InChI=1S/C19H24N4O/c1-13-9-10-20-12-17(13)22-19(24)16-11-21-23(18(16)14-7-8-14)15-5-3-2-4-6-15/h2-6,11,13-14,17,20H,7-10,12H2,1H3,(H,22,24). The summed E-state index contributed by atoms with van der Waals surface area (Å²) in [5.74, 6) is 0.971. The average Bonchev–Trinajstić information content (AvgIpc) is 3.35. The van der Waals surface area contributed by atoms with Crippen molar-refractivity contribution in [2.24, 2.45) is 5.92 Å². The molecule has 5 heteroatoms. The van der Waals surface area contributed by atoms with Crippen molar-refractivity contribution in [1.82, 2.24) is 20.4 Å². The molecule has 2 atom stereocenters. The van der Waals surface area contributed by atoms with Crippen LogP contribution in [-0.4, -0.2) is 34.8 Å². The minimum absolute atomic E-state index is 0.0135. The molecule has 0 bridgehead atoms. The molecule has 24 heavy (non-hydrogen) atoms. The first-order valence-electron chi connectivity index (χ1n) is 8.89. The van der Waals surface area contributed by atoms with Crippen LogP contribution in [0, 0.1) is 5.92 Å². The molecular weight excluding hydrogens is 300 g/mol. The van der Waals surface area contributed by atoms with Crippen LogP contribution >= 0.6 is 0 Å². The molecule has 1 saturated heterocycles. The number of carbonyl (C=O) groups excluding carboxylic acids is 1. The molecule has 1 aromatic heterocycles. The van der Waals surface area contributed by atoms with Crippen molar-refractivity contribution in [1.29, 1.82) is 0 Å². The van der Waals surface area contributed by atoms with Crippen LogP contribution in [0.2, 0.25) is 0 Å². The maximum Gasteiger partial charge on any atom is 0.255 e. The minimum atomic E-state index is 0.0135. The molecule has 126 valence electrons. The van der Waals surface area contributed by atoms with Gasteiger partial charge in [0.15, 0.2) is 0 Å². The lowest BCUT2D eigenvalue weighted by atomic mass is 9.94. The number of hydrogen-bond acceptors (Lipinski definition) is 3. The molecule has 2 heterocycles. The minimum Gasteiger partial charge on any atom is -0.348 e. The molecular formula is C19H24N4O. The van der Waals surface area contributed by atoms with Gasteiger partial charge >= 0.3 is 0 Å². The highest BCUT2D eigenvalue weighted by molar-refractivity contribution is 5.95. The van der Waals surface area contributed by atoms with Crippen molar-refractivity contribution < 1.29 is 4.79 Å².